The third kappa shape index (κ3) is 6.69. The summed E-state index contributed by atoms with van der Waals surface area (Å²) in [6.45, 7) is 8.32. The lowest BCUT2D eigenvalue weighted by atomic mass is 10.3. The lowest BCUT2D eigenvalue weighted by Crippen LogP contribution is -2.23. The summed E-state index contributed by atoms with van der Waals surface area (Å²) in [5.74, 6) is 2.24. The van der Waals surface area contributed by atoms with E-state index < -0.39 is 20.1 Å². The summed E-state index contributed by atoms with van der Waals surface area (Å²) in [6.07, 6.45) is -0.929. The van der Waals surface area contributed by atoms with Gasteiger partial charge in [0.2, 0.25) is 0 Å². The number of aliphatic hydroxyl groups is 1. The second kappa shape index (κ2) is 5.84. The molecule has 0 saturated heterocycles. The molecule has 0 spiro atoms. The largest absolute Gasteiger partial charge is 0.464 e. The third-order valence-corrected chi connectivity index (χ3v) is 2.24. The highest BCUT2D eigenvalue weighted by Gasteiger charge is 2.14. The molecule has 1 N–H and O–H groups in total. The number of ether oxygens (including phenoxy) is 1. The maximum absolute atomic E-state index is 11.0. The van der Waals surface area contributed by atoms with Crippen molar-refractivity contribution in [3.63, 3.8) is 0 Å². The Bertz CT molecular complexity index is 244. The summed E-state index contributed by atoms with van der Waals surface area (Å²) in [6, 6.07) is 0. The van der Waals surface area contributed by atoms with E-state index in [1.807, 2.05) is 0 Å². The van der Waals surface area contributed by atoms with Gasteiger partial charge in [0.05, 0.1) is 6.61 Å². The molecule has 0 aromatic carbocycles. The van der Waals surface area contributed by atoms with Crippen LogP contribution in [-0.4, -0.2) is 31.9 Å². The summed E-state index contributed by atoms with van der Waals surface area (Å²) >= 11 is 0. The second-order valence-corrected chi connectivity index (χ2v) is 8.77. The second-order valence-electron chi connectivity index (χ2n) is 4.02. The number of aliphatic hydroxyl groups excluding tert-OH is 1. The van der Waals surface area contributed by atoms with E-state index in [0.29, 0.717) is 0 Å². The van der Waals surface area contributed by atoms with Gasteiger partial charge in [0.1, 0.15) is 8.07 Å². The van der Waals surface area contributed by atoms with Crippen LogP contribution in [0.25, 0.3) is 0 Å². The zero-order valence-electron chi connectivity index (χ0n) is 9.26. The number of carbonyl (C=O) groups is 1. The van der Waals surface area contributed by atoms with Gasteiger partial charge >= 0.3 is 5.97 Å². The topological polar surface area (TPSA) is 46.5 Å². The molecular formula is C10H18O3Si. The summed E-state index contributed by atoms with van der Waals surface area (Å²) < 4.78 is 4.64. The van der Waals surface area contributed by atoms with Gasteiger partial charge in [-0.25, -0.2) is 4.79 Å². The minimum atomic E-state index is -1.40. The molecule has 0 radical (unpaired) electrons. The van der Waals surface area contributed by atoms with Gasteiger partial charge in [-0.2, -0.15) is 0 Å². The first-order valence-corrected chi connectivity index (χ1v) is 8.21. The lowest BCUT2D eigenvalue weighted by Gasteiger charge is -2.06. The summed E-state index contributed by atoms with van der Waals surface area (Å²) in [5, 5.41) is 9.28. The SMILES string of the molecule is CCOC(=O)C(O)CC#C[Si](C)(C)C. The van der Waals surface area contributed by atoms with Gasteiger partial charge in [-0.15, -0.1) is 11.5 Å². The van der Waals surface area contributed by atoms with Crippen molar-refractivity contribution in [2.24, 2.45) is 0 Å². The molecule has 1 unspecified atom stereocenters. The normalized spacial score (nSPS) is 12.6. The molecule has 0 aliphatic carbocycles. The molecule has 14 heavy (non-hydrogen) atoms. The van der Waals surface area contributed by atoms with E-state index >= 15 is 0 Å². The van der Waals surface area contributed by atoms with Gasteiger partial charge < -0.3 is 9.84 Å². The fourth-order valence-electron chi connectivity index (χ4n) is 0.735. The Kier molecular flexibility index (Phi) is 5.51. The number of hydrogen-bond acceptors (Lipinski definition) is 3. The van der Waals surface area contributed by atoms with Crippen LogP contribution in [0.15, 0.2) is 0 Å². The molecule has 0 bridgehead atoms. The zero-order chi connectivity index (χ0) is 11.2. The van der Waals surface area contributed by atoms with Gasteiger partial charge in [-0.1, -0.05) is 19.6 Å². The fraction of sp³-hybridized carbons (Fsp3) is 0.700. The number of rotatable bonds is 3. The molecule has 3 nitrogen and oxygen atoms in total. The van der Waals surface area contributed by atoms with Crippen LogP contribution in [-0.2, 0) is 9.53 Å². The molecule has 0 aliphatic heterocycles. The summed E-state index contributed by atoms with van der Waals surface area (Å²) in [5.41, 5.74) is 3.07. The Labute approximate surface area is 86.5 Å². The molecule has 0 aliphatic rings. The highest BCUT2D eigenvalue weighted by molar-refractivity contribution is 6.83. The first kappa shape index (κ1) is 13.2. The predicted molar refractivity (Wildman–Crippen MR) is 58.4 cm³/mol. The fourth-order valence-corrected chi connectivity index (χ4v) is 1.37. The Morgan fingerprint density at radius 2 is 2.07 bits per heavy atom. The van der Waals surface area contributed by atoms with Crippen molar-refractivity contribution in [3.05, 3.63) is 0 Å². The van der Waals surface area contributed by atoms with Crippen molar-refractivity contribution < 1.29 is 14.6 Å². The number of carbonyl (C=O) groups excluding carboxylic acids is 1. The molecular weight excluding hydrogens is 196 g/mol. The van der Waals surface area contributed by atoms with Crippen molar-refractivity contribution in [1.82, 2.24) is 0 Å². The minimum Gasteiger partial charge on any atom is -0.464 e. The maximum atomic E-state index is 11.0. The molecule has 1 atom stereocenters. The maximum Gasteiger partial charge on any atom is 0.335 e. The van der Waals surface area contributed by atoms with Crippen LogP contribution in [0.1, 0.15) is 13.3 Å². The zero-order valence-corrected chi connectivity index (χ0v) is 10.3. The van der Waals surface area contributed by atoms with E-state index in [1.165, 1.54) is 0 Å². The van der Waals surface area contributed by atoms with Gasteiger partial charge in [0, 0.05) is 6.42 Å². The third-order valence-electron chi connectivity index (χ3n) is 1.32. The van der Waals surface area contributed by atoms with E-state index in [0.717, 1.165) is 0 Å². The highest BCUT2D eigenvalue weighted by Crippen LogP contribution is 1.98. The molecule has 0 aromatic heterocycles. The van der Waals surface area contributed by atoms with Crippen LogP contribution in [0.4, 0.5) is 0 Å². The van der Waals surface area contributed by atoms with Crippen molar-refractivity contribution in [2.75, 3.05) is 6.61 Å². The monoisotopic (exact) mass is 214 g/mol. The molecule has 4 heteroatoms. The van der Waals surface area contributed by atoms with E-state index in [-0.39, 0.29) is 13.0 Å². The van der Waals surface area contributed by atoms with E-state index in [2.05, 4.69) is 35.8 Å². The highest BCUT2D eigenvalue weighted by atomic mass is 28.3. The van der Waals surface area contributed by atoms with Gasteiger partial charge in [-0.3, -0.25) is 0 Å². The molecule has 0 fully saturated rings. The Morgan fingerprint density at radius 1 is 1.50 bits per heavy atom. The van der Waals surface area contributed by atoms with Crippen molar-refractivity contribution in [1.29, 1.82) is 0 Å². The van der Waals surface area contributed by atoms with E-state index in [1.54, 1.807) is 6.92 Å². The molecule has 0 aromatic rings. The van der Waals surface area contributed by atoms with Crippen LogP contribution in [0.3, 0.4) is 0 Å². The summed E-state index contributed by atoms with van der Waals surface area (Å²) in [7, 11) is -1.40. The first-order chi connectivity index (χ1) is 6.37. The minimum absolute atomic E-state index is 0.170. The smallest absolute Gasteiger partial charge is 0.335 e. The molecule has 80 valence electrons. The molecule has 0 amide bonds. The standard InChI is InChI=1S/C10H18O3Si/c1-5-13-10(12)9(11)7-6-8-14(2,3)4/h9,11H,5,7H2,1-4H3. The van der Waals surface area contributed by atoms with Crippen molar-refractivity contribution >= 4 is 14.0 Å². The van der Waals surface area contributed by atoms with Crippen LogP contribution < -0.4 is 0 Å². The van der Waals surface area contributed by atoms with E-state index in [9.17, 15) is 9.90 Å². The van der Waals surface area contributed by atoms with Crippen molar-refractivity contribution in [2.45, 2.75) is 39.1 Å². The van der Waals surface area contributed by atoms with Crippen LogP contribution in [0.2, 0.25) is 19.6 Å². The quantitative estimate of drug-likeness (QED) is 0.436. The van der Waals surface area contributed by atoms with Gasteiger partial charge in [0.25, 0.3) is 0 Å². The average Bonchev–Trinajstić information content (AvgIpc) is 2.02. The molecule has 0 rings (SSSR count). The Hall–Kier alpha value is -0.793. The first-order valence-electron chi connectivity index (χ1n) is 4.71. The van der Waals surface area contributed by atoms with E-state index in [4.69, 9.17) is 0 Å². The summed E-state index contributed by atoms with van der Waals surface area (Å²) in [4.78, 5) is 11.0. The number of hydrogen-bond donors (Lipinski definition) is 1. The van der Waals surface area contributed by atoms with Gasteiger partial charge in [0.15, 0.2) is 6.10 Å². The van der Waals surface area contributed by atoms with Gasteiger partial charge in [-0.05, 0) is 6.92 Å². The predicted octanol–water partition coefficient (Wildman–Crippen LogP) is 1.18. The lowest BCUT2D eigenvalue weighted by molar-refractivity contribution is -0.152. The van der Waals surface area contributed by atoms with Crippen molar-refractivity contribution in [3.8, 4) is 11.5 Å². The number of esters is 1. The van der Waals surface area contributed by atoms with Crippen LogP contribution in [0, 0.1) is 11.5 Å². The molecule has 0 heterocycles. The Balaban J connectivity index is 4.00. The van der Waals surface area contributed by atoms with Crippen LogP contribution in [0.5, 0.6) is 0 Å². The molecule has 0 saturated carbocycles. The average molecular weight is 214 g/mol. The van der Waals surface area contributed by atoms with Crippen LogP contribution >= 0.6 is 0 Å². The Morgan fingerprint density at radius 3 is 2.50 bits per heavy atom.